The van der Waals surface area contributed by atoms with Crippen LogP contribution in [0.15, 0.2) is 18.2 Å². The lowest BCUT2D eigenvalue weighted by molar-refractivity contribution is 0.108. The first-order valence-corrected chi connectivity index (χ1v) is 8.63. The minimum absolute atomic E-state index is 0.0924. The molecular formula is C18H27FN2O. The molecule has 3 rings (SSSR count). The molecule has 1 aromatic carbocycles. The molecule has 1 aromatic rings. The van der Waals surface area contributed by atoms with Gasteiger partial charge < -0.3 is 15.0 Å². The molecule has 2 aliphatic heterocycles. The van der Waals surface area contributed by atoms with Crippen molar-refractivity contribution >= 4 is 5.69 Å². The van der Waals surface area contributed by atoms with Gasteiger partial charge in [-0.15, -0.1) is 0 Å². The van der Waals surface area contributed by atoms with Gasteiger partial charge in [-0.1, -0.05) is 6.07 Å². The zero-order valence-electron chi connectivity index (χ0n) is 13.5. The maximum atomic E-state index is 14.4. The number of ether oxygens (including phenoxy) is 1. The monoisotopic (exact) mass is 306 g/mol. The summed E-state index contributed by atoms with van der Waals surface area (Å²) in [5.41, 5.74) is 1.77. The van der Waals surface area contributed by atoms with E-state index in [2.05, 4.69) is 23.2 Å². The van der Waals surface area contributed by atoms with E-state index >= 15 is 0 Å². The molecule has 4 heteroatoms. The molecule has 0 radical (unpaired) electrons. The number of piperidine rings is 1. The largest absolute Gasteiger partial charge is 0.377 e. The van der Waals surface area contributed by atoms with Gasteiger partial charge >= 0.3 is 0 Å². The third kappa shape index (κ3) is 3.79. The first-order chi connectivity index (χ1) is 10.7. The fraction of sp³-hybridized carbons (Fsp3) is 0.667. The minimum atomic E-state index is -0.0924. The smallest absolute Gasteiger partial charge is 0.146 e. The Morgan fingerprint density at radius 1 is 1.27 bits per heavy atom. The van der Waals surface area contributed by atoms with Gasteiger partial charge in [-0.2, -0.15) is 0 Å². The summed E-state index contributed by atoms with van der Waals surface area (Å²) in [5.74, 6) is -0.0924. The highest BCUT2D eigenvalue weighted by molar-refractivity contribution is 5.49. The summed E-state index contributed by atoms with van der Waals surface area (Å²) in [7, 11) is 0. The minimum Gasteiger partial charge on any atom is -0.377 e. The van der Waals surface area contributed by atoms with Crippen molar-refractivity contribution in [2.24, 2.45) is 0 Å². The summed E-state index contributed by atoms with van der Waals surface area (Å²) >= 11 is 0. The van der Waals surface area contributed by atoms with Crippen molar-refractivity contribution in [2.45, 2.75) is 51.2 Å². The highest BCUT2D eigenvalue weighted by Gasteiger charge is 2.18. The van der Waals surface area contributed by atoms with Crippen LogP contribution < -0.4 is 10.2 Å². The zero-order valence-corrected chi connectivity index (χ0v) is 13.5. The molecule has 122 valence electrons. The second kappa shape index (κ2) is 7.42. The quantitative estimate of drug-likeness (QED) is 0.899. The Morgan fingerprint density at radius 3 is 2.77 bits per heavy atom. The van der Waals surface area contributed by atoms with E-state index in [4.69, 9.17) is 4.74 Å². The molecule has 0 aromatic heterocycles. The fourth-order valence-electron chi connectivity index (χ4n) is 3.42. The second-order valence-electron chi connectivity index (χ2n) is 6.52. The van der Waals surface area contributed by atoms with Crippen LogP contribution in [0.3, 0.4) is 0 Å². The fourth-order valence-corrected chi connectivity index (χ4v) is 3.42. The van der Waals surface area contributed by atoms with E-state index in [1.54, 1.807) is 6.07 Å². The van der Waals surface area contributed by atoms with Crippen LogP contribution in [0.2, 0.25) is 0 Å². The van der Waals surface area contributed by atoms with Gasteiger partial charge in [-0.25, -0.2) is 4.39 Å². The lowest BCUT2D eigenvalue weighted by Crippen LogP contribution is -2.30. The average molecular weight is 306 g/mol. The van der Waals surface area contributed by atoms with Gasteiger partial charge in [0.05, 0.1) is 11.8 Å². The molecule has 0 spiro atoms. The van der Waals surface area contributed by atoms with E-state index in [1.807, 2.05) is 6.07 Å². The summed E-state index contributed by atoms with van der Waals surface area (Å²) in [4.78, 5) is 2.17. The van der Waals surface area contributed by atoms with Crippen molar-refractivity contribution in [3.05, 3.63) is 29.6 Å². The Labute approximate surface area is 132 Å². The molecule has 2 heterocycles. The maximum absolute atomic E-state index is 14.4. The Balaban J connectivity index is 1.60. The summed E-state index contributed by atoms with van der Waals surface area (Å²) in [6.45, 7) is 5.76. The van der Waals surface area contributed by atoms with Crippen molar-refractivity contribution in [1.29, 1.82) is 0 Å². The first kappa shape index (κ1) is 15.8. The Bertz CT molecular complexity index is 482. The molecular weight excluding hydrogens is 279 g/mol. The molecule has 0 amide bonds. The molecule has 22 heavy (non-hydrogen) atoms. The Morgan fingerprint density at radius 2 is 2.09 bits per heavy atom. The van der Waals surface area contributed by atoms with Crippen LogP contribution in [-0.4, -0.2) is 32.3 Å². The molecule has 1 N–H and O–H groups in total. The Kier molecular flexibility index (Phi) is 5.32. The van der Waals surface area contributed by atoms with E-state index in [-0.39, 0.29) is 11.9 Å². The molecule has 3 nitrogen and oxygen atoms in total. The molecule has 2 atom stereocenters. The molecule has 2 fully saturated rings. The van der Waals surface area contributed by atoms with Crippen LogP contribution in [0, 0.1) is 5.82 Å². The van der Waals surface area contributed by atoms with Gasteiger partial charge in [0.25, 0.3) is 0 Å². The molecule has 0 bridgehead atoms. The van der Waals surface area contributed by atoms with Gasteiger partial charge in [0.1, 0.15) is 5.82 Å². The lowest BCUT2D eigenvalue weighted by atomic mass is 10.1. The standard InChI is InChI=1S/C18H27FN2O/c1-14(20-13-16-6-5-11-22-16)15-7-8-18(17(19)12-15)21-9-3-2-4-10-21/h7-8,12,14,16,20H,2-6,9-11,13H2,1H3/t14-,16+/m1/s1. The van der Waals surface area contributed by atoms with E-state index < -0.39 is 0 Å². The van der Waals surface area contributed by atoms with Crippen LogP contribution in [0.25, 0.3) is 0 Å². The van der Waals surface area contributed by atoms with E-state index in [9.17, 15) is 4.39 Å². The van der Waals surface area contributed by atoms with E-state index in [0.29, 0.717) is 6.10 Å². The van der Waals surface area contributed by atoms with Crippen LogP contribution in [0.1, 0.15) is 50.6 Å². The highest BCUT2D eigenvalue weighted by atomic mass is 19.1. The second-order valence-corrected chi connectivity index (χ2v) is 6.52. The summed E-state index contributed by atoms with van der Waals surface area (Å²) < 4.78 is 20.1. The molecule has 0 saturated carbocycles. The lowest BCUT2D eigenvalue weighted by Gasteiger charge is -2.29. The highest BCUT2D eigenvalue weighted by Crippen LogP contribution is 2.26. The average Bonchev–Trinajstić information content (AvgIpc) is 3.07. The van der Waals surface area contributed by atoms with E-state index in [1.165, 1.54) is 19.3 Å². The number of nitrogens with zero attached hydrogens (tertiary/aromatic N) is 1. The summed E-state index contributed by atoms with van der Waals surface area (Å²) in [6, 6.07) is 5.84. The van der Waals surface area contributed by atoms with E-state index in [0.717, 1.165) is 50.3 Å². The van der Waals surface area contributed by atoms with Gasteiger partial charge in [-0.05, 0) is 56.7 Å². The van der Waals surface area contributed by atoms with Crippen molar-refractivity contribution in [3.63, 3.8) is 0 Å². The number of benzene rings is 1. The van der Waals surface area contributed by atoms with Gasteiger partial charge in [0.15, 0.2) is 0 Å². The topological polar surface area (TPSA) is 24.5 Å². The number of nitrogens with one attached hydrogen (secondary N) is 1. The number of hydrogen-bond donors (Lipinski definition) is 1. The maximum Gasteiger partial charge on any atom is 0.146 e. The number of anilines is 1. The van der Waals surface area contributed by atoms with Crippen LogP contribution in [0.5, 0.6) is 0 Å². The van der Waals surface area contributed by atoms with Crippen molar-refractivity contribution < 1.29 is 9.13 Å². The first-order valence-electron chi connectivity index (χ1n) is 8.63. The van der Waals surface area contributed by atoms with Crippen LogP contribution in [-0.2, 0) is 4.74 Å². The normalized spacial score (nSPS) is 23.7. The summed E-state index contributed by atoms with van der Waals surface area (Å²) in [6.07, 6.45) is 6.20. The molecule has 0 unspecified atom stereocenters. The number of rotatable bonds is 5. The third-order valence-electron chi connectivity index (χ3n) is 4.84. The van der Waals surface area contributed by atoms with Gasteiger partial charge in [0, 0.05) is 32.3 Å². The van der Waals surface area contributed by atoms with Crippen LogP contribution in [0.4, 0.5) is 10.1 Å². The van der Waals surface area contributed by atoms with Crippen molar-refractivity contribution in [1.82, 2.24) is 5.32 Å². The molecule has 2 aliphatic rings. The zero-order chi connectivity index (χ0) is 15.4. The summed E-state index contributed by atoms with van der Waals surface area (Å²) in [5, 5.41) is 3.46. The van der Waals surface area contributed by atoms with Gasteiger partial charge in [0.2, 0.25) is 0 Å². The predicted molar refractivity (Wildman–Crippen MR) is 87.9 cm³/mol. The Hall–Kier alpha value is -1.13. The number of halogens is 1. The van der Waals surface area contributed by atoms with Crippen LogP contribution >= 0.6 is 0 Å². The predicted octanol–water partition coefficient (Wildman–Crippen LogP) is 3.65. The molecule has 0 aliphatic carbocycles. The number of hydrogen-bond acceptors (Lipinski definition) is 3. The van der Waals surface area contributed by atoms with Crippen molar-refractivity contribution in [2.75, 3.05) is 31.1 Å². The molecule has 2 saturated heterocycles. The van der Waals surface area contributed by atoms with Gasteiger partial charge in [-0.3, -0.25) is 0 Å². The SMILES string of the molecule is C[C@@H](NC[C@@H]1CCCO1)c1ccc(N2CCCCC2)c(F)c1. The van der Waals surface area contributed by atoms with Crippen molar-refractivity contribution in [3.8, 4) is 0 Å². The third-order valence-corrected chi connectivity index (χ3v) is 4.84.